The van der Waals surface area contributed by atoms with Gasteiger partial charge >= 0.3 is 12.1 Å². The molecule has 0 saturated heterocycles. The molecule has 0 aliphatic heterocycles. The fraction of sp³-hybridized carbons (Fsp3) is 0.300. The van der Waals surface area contributed by atoms with Gasteiger partial charge in [-0.15, -0.1) is 0 Å². The zero-order valence-corrected chi connectivity index (χ0v) is 12.0. The zero-order chi connectivity index (χ0) is 16.2. The van der Waals surface area contributed by atoms with E-state index in [1.54, 1.807) is 19.1 Å². The number of aromatic nitrogens is 2. The summed E-state index contributed by atoms with van der Waals surface area (Å²) in [5, 5.41) is 10.9. The van der Waals surface area contributed by atoms with Gasteiger partial charge in [-0.3, -0.25) is 0 Å². The summed E-state index contributed by atoms with van der Waals surface area (Å²) in [6.45, 7) is 1.77. The number of carbonyl (C=O) groups is 1. The van der Waals surface area contributed by atoms with Gasteiger partial charge in [0.2, 0.25) is 11.7 Å². The first-order valence-corrected chi connectivity index (χ1v) is 6.05. The van der Waals surface area contributed by atoms with Crippen LogP contribution in [0, 0.1) is 0 Å². The molecule has 116 valence electrons. The Hall–Kier alpha value is -1.88. The molecule has 3 N–H and O–H groups in total. The number of nitrogens with two attached hydrogens (primary N) is 1. The van der Waals surface area contributed by atoms with Crippen LogP contribution in [0.4, 0.5) is 13.2 Å². The average molecular weight is 372 g/mol. The zero-order valence-electron chi connectivity index (χ0n) is 10.4. The van der Waals surface area contributed by atoms with Gasteiger partial charge in [-0.05, 0) is 35.0 Å². The summed E-state index contributed by atoms with van der Waals surface area (Å²) in [4.78, 5) is 13.0. The molecule has 0 aromatic carbocycles. The Morgan fingerprint density at radius 3 is 2.38 bits per heavy atom. The summed E-state index contributed by atoms with van der Waals surface area (Å²) >= 11 is 3.19. The molecule has 2 rings (SSSR count). The van der Waals surface area contributed by atoms with E-state index < -0.39 is 12.1 Å². The minimum atomic E-state index is -5.08. The lowest BCUT2D eigenvalue weighted by atomic mass is 10.4. The molecule has 0 aliphatic carbocycles. The van der Waals surface area contributed by atoms with Crippen molar-refractivity contribution in [1.29, 1.82) is 0 Å². The third-order valence-electron chi connectivity index (χ3n) is 1.87. The SMILES string of the molecule is C[C@@H](N)c1nc(-c2ccc(Br)o2)no1.O=C(O)C(F)(F)F. The van der Waals surface area contributed by atoms with Crippen LogP contribution in [0.5, 0.6) is 0 Å². The number of rotatable bonds is 2. The molecule has 0 unspecified atom stereocenters. The highest BCUT2D eigenvalue weighted by molar-refractivity contribution is 9.10. The molecule has 11 heteroatoms. The van der Waals surface area contributed by atoms with Gasteiger partial charge in [0, 0.05) is 0 Å². The van der Waals surface area contributed by atoms with E-state index in [1.165, 1.54) is 0 Å². The maximum atomic E-state index is 10.6. The van der Waals surface area contributed by atoms with E-state index in [0.29, 0.717) is 22.1 Å². The molecule has 2 heterocycles. The van der Waals surface area contributed by atoms with Crippen LogP contribution in [-0.2, 0) is 4.79 Å². The molecule has 0 radical (unpaired) electrons. The van der Waals surface area contributed by atoms with Crippen molar-refractivity contribution >= 4 is 21.9 Å². The molecular formula is C10H9BrF3N3O4. The Bertz CT molecular complexity index is 609. The molecule has 7 nitrogen and oxygen atoms in total. The van der Waals surface area contributed by atoms with Gasteiger partial charge in [-0.2, -0.15) is 18.2 Å². The first-order valence-electron chi connectivity index (χ1n) is 5.26. The minimum absolute atomic E-state index is 0.269. The van der Waals surface area contributed by atoms with Crippen LogP contribution in [0.1, 0.15) is 18.9 Å². The number of nitrogens with zero attached hydrogens (tertiary/aromatic N) is 2. The Morgan fingerprint density at radius 1 is 1.48 bits per heavy atom. The highest BCUT2D eigenvalue weighted by Crippen LogP contribution is 2.23. The molecule has 1 atom stereocenters. The van der Waals surface area contributed by atoms with Crippen LogP contribution in [0.3, 0.4) is 0 Å². The topological polar surface area (TPSA) is 115 Å². The largest absolute Gasteiger partial charge is 0.490 e. The lowest BCUT2D eigenvalue weighted by Crippen LogP contribution is -2.21. The summed E-state index contributed by atoms with van der Waals surface area (Å²) in [6.07, 6.45) is -5.08. The van der Waals surface area contributed by atoms with Gasteiger partial charge in [0.15, 0.2) is 10.4 Å². The van der Waals surface area contributed by atoms with Crippen LogP contribution >= 0.6 is 15.9 Å². The van der Waals surface area contributed by atoms with Crippen LogP contribution in [-0.4, -0.2) is 27.4 Å². The predicted molar refractivity (Wildman–Crippen MR) is 66.0 cm³/mol. The monoisotopic (exact) mass is 371 g/mol. The number of alkyl halides is 3. The van der Waals surface area contributed by atoms with E-state index in [9.17, 15) is 13.2 Å². The van der Waals surface area contributed by atoms with Crippen LogP contribution < -0.4 is 5.73 Å². The molecule has 2 aromatic rings. The highest BCUT2D eigenvalue weighted by atomic mass is 79.9. The molecule has 0 aliphatic rings. The smallest absolute Gasteiger partial charge is 0.475 e. The van der Waals surface area contributed by atoms with E-state index in [1.807, 2.05) is 0 Å². The molecule has 21 heavy (non-hydrogen) atoms. The number of carboxylic acid groups (broad SMARTS) is 1. The predicted octanol–water partition coefficient (Wildman–Crippen LogP) is 2.75. The van der Waals surface area contributed by atoms with Crippen molar-refractivity contribution in [1.82, 2.24) is 10.1 Å². The second kappa shape index (κ2) is 6.72. The number of halogens is 4. The Morgan fingerprint density at radius 2 is 2.05 bits per heavy atom. The fourth-order valence-corrected chi connectivity index (χ4v) is 1.26. The molecule has 0 spiro atoms. The van der Waals surface area contributed by atoms with Gasteiger partial charge in [0.05, 0.1) is 6.04 Å². The Labute approximate surface area is 124 Å². The maximum absolute atomic E-state index is 10.6. The molecule has 0 bridgehead atoms. The summed E-state index contributed by atoms with van der Waals surface area (Å²) in [5.41, 5.74) is 5.57. The second-order valence-corrected chi connectivity index (χ2v) is 4.43. The number of furan rings is 1. The normalized spacial score (nSPS) is 12.5. The molecule has 2 aromatic heterocycles. The molecular weight excluding hydrogens is 363 g/mol. The van der Waals surface area contributed by atoms with E-state index in [4.69, 9.17) is 24.6 Å². The van der Waals surface area contributed by atoms with Gasteiger partial charge in [0.25, 0.3) is 0 Å². The summed E-state index contributed by atoms with van der Waals surface area (Å²) < 4.78 is 42.5. The van der Waals surface area contributed by atoms with Crippen LogP contribution in [0.2, 0.25) is 0 Å². The van der Waals surface area contributed by atoms with E-state index in [0.717, 1.165) is 0 Å². The van der Waals surface area contributed by atoms with Crippen LogP contribution in [0.25, 0.3) is 11.6 Å². The van der Waals surface area contributed by atoms with Crippen molar-refractivity contribution in [3.63, 3.8) is 0 Å². The van der Waals surface area contributed by atoms with Crippen molar-refractivity contribution in [2.45, 2.75) is 19.1 Å². The van der Waals surface area contributed by atoms with E-state index >= 15 is 0 Å². The second-order valence-electron chi connectivity index (χ2n) is 3.65. The molecule has 0 saturated carbocycles. The minimum Gasteiger partial charge on any atom is -0.475 e. The standard InChI is InChI=1S/C8H8BrN3O2.C2HF3O2/c1-4(10)8-11-7(12-14-8)5-2-3-6(9)13-5;3-2(4,5)1(6)7/h2-4H,10H2,1H3;(H,6,7)/t4-;/m1./s1. The highest BCUT2D eigenvalue weighted by Gasteiger charge is 2.38. The van der Waals surface area contributed by atoms with Gasteiger partial charge in [-0.1, -0.05) is 5.16 Å². The molecule has 0 fully saturated rings. The quantitative estimate of drug-likeness (QED) is 0.833. The van der Waals surface area contributed by atoms with E-state index in [-0.39, 0.29) is 6.04 Å². The van der Waals surface area contributed by atoms with Crippen molar-refractivity contribution < 1.29 is 32.0 Å². The van der Waals surface area contributed by atoms with E-state index in [2.05, 4.69) is 26.1 Å². The number of hydrogen-bond donors (Lipinski definition) is 2. The van der Waals surface area contributed by atoms with Crippen molar-refractivity contribution in [2.24, 2.45) is 5.73 Å². The third-order valence-corrected chi connectivity index (χ3v) is 2.29. The summed E-state index contributed by atoms with van der Waals surface area (Å²) in [7, 11) is 0. The maximum Gasteiger partial charge on any atom is 0.490 e. The number of carboxylic acids is 1. The summed E-state index contributed by atoms with van der Waals surface area (Å²) in [6, 6.07) is 3.24. The van der Waals surface area contributed by atoms with Gasteiger partial charge in [-0.25, -0.2) is 4.79 Å². The Kier molecular flexibility index (Phi) is 5.49. The first-order chi connectivity index (χ1) is 9.61. The number of hydrogen-bond acceptors (Lipinski definition) is 6. The van der Waals surface area contributed by atoms with Crippen molar-refractivity contribution in [3.05, 3.63) is 22.7 Å². The molecule has 0 amide bonds. The number of aliphatic carboxylic acids is 1. The Balaban J connectivity index is 0.000000270. The lowest BCUT2D eigenvalue weighted by molar-refractivity contribution is -0.192. The van der Waals surface area contributed by atoms with Crippen LogP contribution in [0.15, 0.2) is 25.7 Å². The lowest BCUT2D eigenvalue weighted by Gasteiger charge is -1.93. The van der Waals surface area contributed by atoms with Gasteiger partial charge in [0.1, 0.15) is 0 Å². The van der Waals surface area contributed by atoms with Crippen molar-refractivity contribution in [3.8, 4) is 11.6 Å². The third kappa shape index (κ3) is 5.19. The first kappa shape index (κ1) is 17.2. The van der Waals surface area contributed by atoms with Gasteiger partial charge < -0.3 is 19.8 Å². The average Bonchev–Trinajstić information content (AvgIpc) is 2.96. The fourth-order valence-electron chi connectivity index (χ4n) is 0.955. The van der Waals surface area contributed by atoms with Crippen molar-refractivity contribution in [2.75, 3.05) is 0 Å². The summed E-state index contributed by atoms with van der Waals surface area (Å²) in [5.74, 6) is -1.41.